The number of Topliss-reactive ketones (excluding diaryl/α,β-unsaturated/α-hetero) is 1. The zero-order valence-corrected chi connectivity index (χ0v) is 13.3. The first-order valence-corrected chi connectivity index (χ1v) is 7.49. The van der Waals surface area contributed by atoms with Gasteiger partial charge in [0.2, 0.25) is 0 Å². The third kappa shape index (κ3) is 4.95. The summed E-state index contributed by atoms with van der Waals surface area (Å²) in [5.74, 6) is -0.408. The van der Waals surface area contributed by atoms with E-state index in [2.05, 4.69) is 0 Å². The van der Waals surface area contributed by atoms with E-state index < -0.39 is 5.97 Å². The average molecular weight is 312 g/mol. The number of carbonyl (C=O) groups excluding carboxylic acids is 1. The van der Waals surface area contributed by atoms with Crippen LogP contribution in [0.4, 0.5) is 0 Å². The topological polar surface area (TPSA) is 63.6 Å². The Morgan fingerprint density at radius 3 is 2.30 bits per heavy atom. The molecule has 0 saturated carbocycles. The number of carbonyl (C=O) groups is 2. The lowest BCUT2D eigenvalue weighted by Gasteiger charge is -2.10. The lowest BCUT2D eigenvalue weighted by Crippen LogP contribution is -2.04. The first-order chi connectivity index (χ1) is 11.0. The Kier molecular flexibility index (Phi) is 5.52. The van der Waals surface area contributed by atoms with Gasteiger partial charge < -0.3 is 9.84 Å². The van der Waals surface area contributed by atoms with Gasteiger partial charge in [-0.1, -0.05) is 29.8 Å². The quantitative estimate of drug-likeness (QED) is 0.787. The first kappa shape index (κ1) is 16.7. The molecule has 2 aromatic rings. The van der Waals surface area contributed by atoms with Gasteiger partial charge >= 0.3 is 5.97 Å². The molecule has 0 unspecified atom stereocenters. The normalized spacial score (nSPS) is 10.3. The largest absolute Gasteiger partial charge is 0.489 e. The Balaban J connectivity index is 2.00. The number of carboxylic acids is 1. The molecular weight excluding hydrogens is 292 g/mol. The molecule has 0 amide bonds. The maximum absolute atomic E-state index is 11.9. The van der Waals surface area contributed by atoms with Gasteiger partial charge in [0, 0.05) is 12.0 Å². The minimum absolute atomic E-state index is 0.0122. The van der Waals surface area contributed by atoms with Crippen molar-refractivity contribution in [1.82, 2.24) is 0 Å². The fourth-order valence-electron chi connectivity index (χ4n) is 2.19. The molecule has 0 bridgehead atoms. The van der Waals surface area contributed by atoms with E-state index in [1.165, 1.54) is 5.56 Å². The standard InChI is InChI=1S/C19H20O4/c1-13-3-5-15(6-4-13)12-23-18-9-7-16(11-14(18)2)17(20)8-10-19(21)22/h3-7,9,11H,8,10,12H2,1-2H3,(H,21,22). The number of ketones is 1. The van der Waals surface area contributed by atoms with Crippen LogP contribution in [0.2, 0.25) is 0 Å². The number of hydrogen-bond donors (Lipinski definition) is 1. The van der Waals surface area contributed by atoms with Crippen LogP contribution >= 0.6 is 0 Å². The van der Waals surface area contributed by atoms with E-state index >= 15 is 0 Å². The van der Waals surface area contributed by atoms with Gasteiger partial charge in [0.05, 0.1) is 6.42 Å². The van der Waals surface area contributed by atoms with E-state index in [1.54, 1.807) is 18.2 Å². The van der Waals surface area contributed by atoms with Crippen LogP contribution in [0, 0.1) is 13.8 Å². The van der Waals surface area contributed by atoms with E-state index in [0.717, 1.165) is 16.9 Å². The molecule has 2 rings (SSSR count). The van der Waals surface area contributed by atoms with Crippen molar-refractivity contribution in [3.63, 3.8) is 0 Å². The smallest absolute Gasteiger partial charge is 0.303 e. The maximum Gasteiger partial charge on any atom is 0.303 e. The molecule has 0 aliphatic carbocycles. The summed E-state index contributed by atoms with van der Waals surface area (Å²) in [4.78, 5) is 22.4. The molecule has 120 valence electrons. The molecule has 0 aromatic heterocycles. The summed E-state index contributed by atoms with van der Waals surface area (Å²) in [6.07, 6.45) is -0.137. The number of rotatable bonds is 7. The fraction of sp³-hybridized carbons (Fsp3) is 0.263. The lowest BCUT2D eigenvalue weighted by molar-refractivity contribution is -0.136. The van der Waals surface area contributed by atoms with Crippen molar-refractivity contribution in [2.75, 3.05) is 0 Å². The highest BCUT2D eigenvalue weighted by atomic mass is 16.5. The molecular formula is C19H20O4. The van der Waals surface area contributed by atoms with E-state index in [4.69, 9.17) is 9.84 Å². The number of carboxylic acid groups (broad SMARTS) is 1. The lowest BCUT2D eigenvalue weighted by atomic mass is 10.0. The number of aliphatic carboxylic acids is 1. The van der Waals surface area contributed by atoms with Gasteiger partial charge in [0.25, 0.3) is 0 Å². The summed E-state index contributed by atoms with van der Waals surface area (Å²) in [5.41, 5.74) is 3.66. The highest BCUT2D eigenvalue weighted by molar-refractivity contribution is 5.97. The van der Waals surface area contributed by atoms with Crippen LogP contribution in [-0.4, -0.2) is 16.9 Å². The SMILES string of the molecule is Cc1ccc(COc2ccc(C(=O)CCC(=O)O)cc2C)cc1. The summed E-state index contributed by atoms with van der Waals surface area (Å²) in [7, 11) is 0. The molecule has 2 aromatic carbocycles. The van der Waals surface area contributed by atoms with Gasteiger partial charge in [0.15, 0.2) is 5.78 Å². The molecule has 0 atom stereocenters. The van der Waals surface area contributed by atoms with Crippen LogP contribution in [0.25, 0.3) is 0 Å². The molecule has 0 saturated heterocycles. The molecule has 4 heteroatoms. The van der Waals surface area contributed by atoms with E-state index in [-0.39, 0.29) is 18.6 Å². The second-order valence-corrected chi connectivity index (χ2v) is 5.57. The first-order valence-electron chi connectivity index (χ1n) is 7.49. The van der Waals surface area contributed by atoms with Crippen LogP contribution in [0.5, 0.6) is 5.75 Å². The molecule has 1 N–H and O–H groups in total. The van der Waals surface area contributed by atoms with Gasteiger partial charge in [-0.2, -0.15) is 0 Å². The van der Waals surface area contributed by atoms with Crippen LogP contribution in [-0.2, 0) is 11.4 Å². The minimum Gasteiger partial charge on any atom is -0.489 e. The Hall–Kier alpha value is -2.62. The molecule has 0 radical (unpaired) electrons. The van der Waals surface area contributed by atoms with Crippen molar-refractivity contribution in [3.8, 4) is 5.75 Å². The van der Waals surface area contributed by atoms with Gasteiger partial charge in [0.1, 0.15) is 12.4 Å². The maximum atomic E-state index is 11.9. The van der Waals surface area contributed by atoms with Crippen molar-refractivity contribution < 1.29 is 19.4 Å². The van der Waals surface area contributed by atoms with Gasteiger partial charge in [-0.3, -0.25) is 9.59 Å². The van der Waals surface area contributed by atoms with Crippen LogP contribution in [0.1, 0.15) is 39.9 Å². The zero-order valence-electron chi connectivity index (χ0n) is 13.3. The van der Waals surface area contributed by atoms with Crippen molar-refractivity contribution in [1.29, 1.82) is 0 Å². The predicted molar refractivity (Wildman–Crippen MR) is 87.9 cm³/mol. The molecule has 0 heterocycles. The minimum atomic E-state index is -0.965. The fourth-order valence-corrected chi connectivity index (χ4v) is 2.19. The van der Waals surface area contributed by atoms with Crippen LogP contribution in [0.15, 0.2) is 42.5 Å². The monoisotopic (exact) mass is 312 g/mol. The molecule has 4 nitrogen and oxygen atoms in total. The van der Waals surface area contributed by atoms with Crippen LogP contribution in [0.3, 0.4) is 0 Å². The number of hydrogen-bond acceptors (Lipinski definition) is 3. The highest BCUT2D eigenvalue weighted by Gasteiger charge is 2.10. The van der Waals surface area contributed by atoms with E-state index in [1.807, 2.05) is 38.1 Å². The van der Waals surface area contributed by atoms with Gasteiger partial charge in [-0.25, -0.2) is 0 Å². The number of ether oxygens (including phenoxy) is 1. The summed E-state index contributed by atoms with van der Waals surface area (Å²) < 4.78 is 5.79. The summed E-state index contributed by atoms with van der Waals surface area (Å²) in [6, 6.07) is 13.3. The van der Waals surface area contributed by atoms with Gasteiger partial charge in [-0.05, 0) is 43.2 Å². The molecule has 0 fully saturated rings. The third-order valence-electron chi connectivity index (χ3n) is 3.58. The highest BCUT2D eigenvalue weighted by Crippen LogP contribution is 2.21. The number of aryl methyl sites for hydroxylation is 2. The van der Waals surface area contributed by atoms with Gasteiger partial charge in [-0.15, -0.1) is 0 Å². The summed E-state index contributed by atoms with van der Waals surface area (Å²) >= 11 is 0. The van der Waals surface area contributed by atoms with Crippen molar-refractivity contribution in [2.24, 2.45) is 0 Å². The van der Waals surface area contributed by atoms with Crippen molar-refractivity contribution >= 4 is 11.8 Å². The Labute approximate surface area is 135 Å². The number of benzene rings is 2. The van der Waals surface area contributed by atoms with Crippen LogP contribution < -0.4 is 4.74 Å². The van der Waals surface area contributed by atoms with Crippen molar-refractivity contribution in [2.45, 2.75) is 33.3 Å². The Morgan fingerprint density at radius 2 is 1.70 bits per heavy atom. The molecule has 0 aliphatic rings. The summed E-state index contributed by atoms with van der Waals surface area (Å²) in [6.45, 7) is 4.38. The predicted octanol–water partition coefficient (Wildman–Crippen LogP) is 3.93. The van der Waals surface area contributed by atoms with E-state index in [9.17, 15) is 9.59 Å². The Bertz CT molecular complexity index is 702. The van der Waals surface area contributed by atoms with E-state index in [0.29, 0.717) is 12.2 Å². The zero-order chi connectivity index (χ0) is 16.8. The average Bonchev–Trinajstić information content (AvgIpc) is 2.53. The third-order valence-corrected chi connectivity index (χ3v) is 3.58. The Morgan fingerprint density at radius 1 is 1.00 bits per heavy atom. The molecule has 0 spiro atoms. The second-order valence-electron chi connectivity index (χ2n) is 5.57. The molecule has 23 heavy (non-hydrogen) atoms. The van der Waals surface area contributed by atoms with Crippen molar-refractivity contribution in [3.05, 3.63) is 64.7 Å². The summed E-state index contributed by atoms with van der Waals surface area (Å²) in [5, 5.41) is 8.63. The molecule has 0 aliphatic heterocycles. The second kappa shape index (κ2) is 7.58.